The van der Waals surface area contributed by atoms with Crippen molar-refractivity contribution in [2.75, 3.05) is 20.1 Å². The first-order valence-electron chi connectivity index (χ1n) is 5.07. The third-order valence-corrected chi connectivity index (χ3v) is 1.38. The van der Waals surface area contributed by atoms with Gasteiger partial charge in [0.05, 0.1) is 6.54 Å². The molecule has 0 aliphatic heterocycles. The number of nitrogens with one attached hydrogen (secondary N) is 1. The van der Waals surface area contributed by atoms with Crippen molar-refractivity contribution in [1.82, 2.24) is 10.4 Å². The monoisotopic (exact) mass is 232 g/mol. The number of likely N-dealkylation sites (N-methyl/N-ethyl adjacent to an activating group) is 1. The Morgan fingerprint density at radius 1 is 1.31 bits per heavy atom. The number of hydrogen-bond donors (Lipinski definition) is 1. The van der Waals surface area contributed by atoms with Gasteiger partial charge in [0.1, 0.15) is 5.60 Å². The third-order valence-electron chi connectivity index (χ3n) is 1.38. The normalized spacial score (nSPS) is 11.1. The van der Waals surface area contributed by atoms with Gasteiger partial charge >= 0.3 is 12.1 Å². The van der Waals surface area contributed by atoms with E-state index >= 15 is 0 Å². The molecule has 0 heterocycles. The van der Waals surface area contributed by atoms with Crippen LogP contribution in [0.1, 0.15) is 27.7 Å². The minimum Gasteiger partial charge on any atom is -0.444 e. The maximum Gasteiger partial charge on any atom is 0.407 e. The fourth-order valence-corrected chi connectivity index (χ4v) is 0.895. The lowest BCUT2D eigenvalue weighted by atomic mass is 10.2. The molecule has 0 atom stereocenters. The minimum absolute atomic E-state index is 0.346. The van der Waals surface area contributed by atoms with Gasteiger partial charge in [-0.1, -0.05) is 0 Å². The van der Waals surface area contributed by atoms with Gasteiger partial charge in [0.15, 0.2) is 0 Å². The van der Waals surface area contributed by atoms with Crippen molar-refractivity contribution in [2.45, 2.75) is 33.3 Å². The van der Waals surface area contributed by atoms with E-state index in [1.807, 2.05) is 0 Å². The van der Waals surface area contributed by atoms with Crippen molar-refractivity contribution in [1.29, 1.82) is 0 Å². The van der Waals surface area contributed by atoms with E-state index in [2.05, 4.69) is 5.32 Å². The van der Waals surface area contributed by atoms with Gasteiger partial charge < -0.3 is 14.9 Å². The molecule has 0 aromatic rings. The highest BCUT2D eigenvalue weighted by Gasteiger charge is 2.15. The Bertz CT molecular complexity index is 248. The second-order valence-corrected chi connectivity index (χ2v) is 4.36. The van der Waals surface area contributed by atoms with Crippen LogP contribution in [0.15, 0.2) is 0 Å². The van der Waals surface area contributed by atoms with E-state index in [0.29, 0.717) is 13.1 Å². The van der Waals surface area contributed by atoms with Crippen LogP contribution in [0.4, 0.5) is 4.79 Å². The first-order chi connectivity index (χ1) is 7.20. The zero-order chi connectivity index (χ0) is 12.8. The van der Waals surface area contributed by atoms with Crippen molar-refractivity contribution in [3.63, 3.8) is 0 Å². The van der Waals surface area contributed by atoms with E-state index in [1.165, 1.54) is 12.0 Å². The molecule has 16 heavy (non-hydrogen) atoms. The SMILES string of the molecule is CC(=O)ON(C)CCNC(=O)OC(C)(C)C. The van der Waals surface area contributed by atoms with Crippen LogP contribution in [-0.2, 0) is 14.4 Å². The van der Waals surface area contributed by atoms with Crippen LogP contribution in [-0.4, -0.2) is 42.9 Å². The number of amides is 1. The lowest BCUT2D eigenvalue weighted by molar-refractivity contribution is -0.180. The lowest BCUT2D eigenvalue weighted by Gasteiger charge is -2.20. The molecule has 0 fully saturated rings. The van der Waals surface area contributed by atoms with Gasteiger partial charge in [-0.05, 0) is 20.8 Å². The molecule has 0 spiro atoms. The van der Waals surface area contributed by atoms with Crippen molar-refractivity contribution in [3.8, 4) is 0 Å². The molecule has 6 heteroatoms. The van der Waals surface area contributed by atoms with Crippen molar-refractivity contribution in [2.24, 2.45) is 0 Å². The van der Waals surface area contributed by atoms with Crippen LogP contribution in [0.25, 0.3) is 0 Å². The third kappa shape index (κ3) is 9.26. The Labute approximate surface area is 95.8 Å². The molecule has 1 N–H and O–H groups in total. The Hall–Kier alpha value is -1.30. The van der Waals surface area contributed by atoms with Crippen LogP contribution in [0.5, 0.6) is 0 Å². The highest BCUT2D eigenvalue weighted by molar-refractivity contribution is 5.67. The summed E-state index contributed by atoms with van der Waals surface area (Å²) in [5.74, 6) is -0.389. The number of hydrogen-bond acceptors (Lipinski definition) is 5. The summed E-state index contributed by atoms with van der Waals surface area (Å²) in [6.07, 6.45) is -0.483. The molecular weight excluding hydrogens is 212 g/mol. The Balaban J connectivity index is 3.66. The average Bonchev–Trinajstić information content (AvgIpc) is 1.98. The smallest absolute Gasteiger partial charge is 0.407 e. The molecule has 0 aliphatic carbocycles. The second kappa shape index (κ2) is 6.32. The minimum atomic E-state index is -0.508. The molecule has 0 saturated carbocycles. The van der Waals surface area contributed by atoms with E-state index in [9.17, 15) is 9.59 Å². The summed E-state index contributed by atoms with van der Waals surface area (Å²) in [4.78, 5) is 26.5. The summed E-state index contributed by atoms with van der Waals surface area (Å²) in [7, 11) is 1.61. The van der Waals surface area contributed by atoms with Crippen molar-refractivity contribution >= 4 is 12.1 Å². The highest BCUT2D eigenvalue weighted by Crippen LogP contribution is 2.06. The molecular formula is C10H20N2O4. The number of hydroxylamine groups is 2. The maximum atomic E-state index is 11.2. The van der Waals surface area contributed by atoms with Crippen LogP contribution < -0.4 is 5.32 Å². The quantitative estimate of drug-likeness (QED) is 0.730. The molecule has 0 radical (unpaired) electrons. The van der Waals surface area contributed by atoms with E-state index in [-0.39, 0.29) is 5.97 Å². The predicted octanol–water partition coefficient (Wildman–Crippen LogP) is 0.921. The van der Waals surface area contributed by atoms with E-state index in [4.69, 9.17) is 9.57 Å². The summed E-state index contributed by atoms with van der Waals surface area (Å²) >= 11 is 0. The molecule has 94 valence electrons. The van der Waals surface area contributed by atoms with Gasteiger partial charge in [0.25, 0.3) is 0 Å². The molecule has 0 aliphatic rings. The first kappa shape index (κ1) is 14.7. The second-order valence-electron chi connectivity index (χ2n) is 4.36. The topological polar surface area (TPSA) is 67.9 Å². The molecule has 6 nitrogen and oxygen atoms in total. The number of alkyl carbamates (subject to hydrolysis) is 1. The van der Waals surface area contributed by atoms with Crippen LogP contribution in [0.3, 0.4) is 0 Å². The molecule has 0 unspecified atom stereocenters. The fraction of sp³-hybridized carbons (Fsp3) is 0.800. The Kier molecular flexibility index (Phi) is 5.81. The van der Waals surface area contributed by atoms with Crippen LogP contribution in [0.2, 0.25) is 0 Å². The van der Waals surface area contributed by atoms with Gasteiger partial charge in [-0.25, -0.2) is 4.79 Å². The molecule has 0 saturated heterocycles. The molecule has 0 bridgehead atoms. The van der Waals surface area contributed by atoms with E-state index in [1.54, 1.807) is 27.8 Å². The molecule has 0 rings (SSSR count). The maximum absolute atomic E-state index is 11.2. The number of carbonyl (C=O) groups is 2. The highest BCUT2D eigenvalue weighted by atomic mass is 16.7. The van der Waals surface area contributed by atoms with Gasteiger partial charge in [-0.3, -0.25) is 4.79 Å². The molecule has 0 aromatic carbocycles. The molecule has 0 aromatic heterocycles. The fourth-order valence-electron chi connectivity index (χ4n) is 0.895. The lowest BCUT2D eigenvalue weighted by Crippen LogP contribution is -2.37. The predicted molar refractivity (Wildman–Crippen MR) is 58.6 cm³/mol. The summed E-state index contributed by atoms with van der Waals surface area (Å²) in [5.41, 5.74) is -0.508. The van der Waals surface area contributed by atoms with Gasteiger partial charge in [-0.2, -0.15) is 0 Å². The summed E-state index contributed by atoms with van der Waals surface area (Å²) in [5, 5.41) is 3.90. The Morgan fingerprint density at radius 2 is 1.88 bits per heavy atom. The first-order valence-corrected chi connectivity index (χ1v) is 5.07. The zero-order valence-corrected chi connectivity index (χ0v) is 10.5. The van der Waals surface area contributed by atoms with Crippen molar-refractivity contribution in [3.05, 3.63) is 0 Å². The van der Waals surface area contributed by atoms with Gasteiger partial charge in [0.2, 0.25) is 0 Å². The van der Waals surface area contributed by atoms with Crippen LogP contribution in [0, 0.1) is 0 Å². The zero-order valence-electron chi connectivity index (χ0n) is 10.5. The summed E-state index contributed by atoms with van der Waals surface area (Å²) < 4.78 is 5.02. The summed E-state index contributed by atoms with van der Waals surface area (Å²) in [6, 6.07) is 0. The Morgan fingerprint density at radius 3 is 2.31 bits per heavy atom. The summed E-state index contributed by atoms with van der Waals surface area (Å²) in [6.45, 7) is 7.43. The number of ether oxygens (including phenoxy) is 1. The van der Waals surface area contributed by atoms with E-state index < -0.39 is 11.7 Å². The van der Waals surface area contributed by atoms with Crippen molar-refractivity contribution < 1.29 is 19.2 Å². The molecule has 1 amide bonds. The number of nitrogens with zero attached hydrogens (tertiary/aromatic N) is 1. The average molecular weight is 232 g/mol. The number of carbonyl (C=O) groups excluding carboxylic acids is 2. The standard InChI is InChI=1S/C10H20N2O4/c1-8(13)16-12(5)7-6-11-9(14)15-10(2,3)4/h6-7H2,1-5H3,(H,11,14). The number of rotatable bonds is 4. The van der Waals surface area contributed by atoms with Gasteiger partial charge in [0, 0.05) is 20.5 Å². The van der Waals surface area contributed by atoms with Gasteiger partial charge in [-0.15, -0.1) is 5.06 Å². The largest absolute Gasteiger partial charge is 0.444 e. The van der Waals surface area contributed by atoms with Crippen LogP contribution >= 0.6 is 0 Å². The van der Waals surface area contributed by atoms with E-state index in [0.717, 1.165) is 0 Å².